The minimum absolute atomic E-state index is 0.122. The number of aromatic nitrogens is 3. The maximum absolute atomic E-state index is 12.2. The Bertz CT molecular complexity index is 906. The van der Waals surface area contributed by atoms with E-state index in [9.17, 15) is 4.79 Å². The van der Waals surface area contributed by atoms with Crippen LogP contribution in [0.3, 0.4) is 0 Å². The van der Waals surface area contributed by atoms with E-state index in [0.717, 1.165) is 17.0 Å². The molecule has 0 unspecified atom stereocenters. The molecule has 2 N–H and O–H groups in total. The molecule has 0 atom stereocenters. The van der Waals surface area contributed by atoms with Crippen molar-refractivity contribution in [1.29, 1.82) is 5.26 Å². The van der Waals surface area contributed by atoms with Gasteiger partial charge in [0.25, 0.3) is 0 Å². The summed E-state index contributed by atoms with van der Waals surface area (Å²) in [5.41, 5.74) is 2.95. The van der Waals surface area contributed by atoms with Crippen molar-refractivity contribution >= 4 is 11.6 Å². The number of aromatic amines is 1. The number of nitrogens with zero attached hydrogens (tertiary/aromatic N) is 3. The molecule has 24 heavy (non-hydrogen) atoms. The Balaban J connectivity index is 1.69. The second-order valence-electron chi connectivity index (χ2n) is 5.36. The molecule has 118 valence electrons. The lowest BCUT2D eigenvalue weighted by Crippen LogP contribution is -2.14. The lowest BCUT2D eigenvalue weighted by Gasteiger charge is -2.06. The van der Waals surface area contributed by atoms with E-state index in [1.54, 1.807) is 24.3 Å². The van der Waals surface area contributed by atoms with E-state index in [1.807, 2.05) is 31.2 Å². The number of rotatable bonds is 4. The lowest BCUT2D eigenvalue weighted by atomic mass is 10.1. The SMILES string of the molecule is Cc1nc(-c2cccc(NC(=O)Cc3ccc(C#N)cc3)c2)n[nH]1. The van der Waals surface area contributed by atoms with E-state index in [4.69, 9.17) is 5.26 Å². The zero-order chi connectivity index (χ0) is 16.9. The molecule has 0 bridgehead atoms. The zero-order valence-corrected chi connectivity index (χ0v) is 13.1. The molecule has 6 nitrogen and oxygen atoms in total. The molecule has 0 fully saturated rings. The van der Waals surface area contributed by atoms with Crippen LogP contribution in [-0.4, -0.2) is 21.1 Å². The van der Waals surface area contributed by atoms with Gasteiger partial charge in [-0.25, -0.2) is 4.98 Å². The molecule has 0 aliphatic heterocycles. The van der Waals surface area contributed by atoms with Gasteiger partial charge in [0, 0.05) is 11.3 Å². The van der Waals surface area contributed by atoms with E-state index >= 15 is 0 Å². The quantitative estimate of drug-likeness (QED) is 0.773. The van der Waals surface area contributed by atoms with Gasteiger partial charge in [-0.15, -0.1) is 0 Å². The summed E-state index contributed by atoms with van der Waals surface area (Å²) in [6, 6.07) is 16.4. The molecule has 0 aliphatic carbocycles. The van der Waals surface area contributed by atoms with Crippen LogP contribution in [0.15, 0.2) is 48.5 Å². The van der Waals surface area contributed by atoms with Crippen molar-refractivity contribution < 1.29 is 4.79 Å². The first kappa shape index (κ1) is 15.4. The van der Waals surface area contributed by atoms with Crippen LogP contribution < -0.4 is 5.32 Å². The molecule has 0 radical (unpaired) electrons. The lowest BCUT2D eigenvalue weighted by molar-refractivity contribution is -0.115. The average molecular weight is 317 g/mol. The normalized spacial score (nSPS) is 10.2. The standard InChI is InChI=1S/C18H15N5O/c1-12-20-18(23-22-12)15-3-2-4-16(10-15)21-17(24)9-13-5-7-14(11-19)8-6-13/h2-8,10H,9H2,1H3,(H,21,24)(H,20,22,23). The van der Waals surface area contributed by atoms with Crippen LogP contribution in [0, 0.1) is 18.3 Å². The fourth-order valence-corrected chi connectivity index (χ4v) is 2.30. The third-order valence-electron chi connectivity index (χ3n) is 3.45. The van der Waals surface area contributed by atoms with Gasteiger partial charge >= 0.3 is 0 Å². The molecule has 0 spiro atoms. The number of nitriles is 1. The fourth-order valence-electron chi connectivity index (χ4n) is 2.30. The zero-order valence-electron chi connectivity index (χ0n) is 13.1. The summed E-state index contributed by atoms with van der Waals surface area (Å²) in [6.07, 6.45) is 0.246. The van der Waals surface area contributed by atoms with Gasteiger partial charge in [0.1, 0.15) is 5.82 Å². The molecule has 1 amide bonds. The molecular formula is C18H15N5O. The highest BCUT2D eigenvalue weighted by atomic mass is 16.1. The van der Waals surface area contributed by atoms with Gasteiger partial charge in [0.2, 0.25) is 5.91 Å². The maximum Gasteiger partial charge on any atom is 0.228 e. The largest absolute Gasteiger partial charge is 0.326 e. The molecule has 3 aromatic rings. The summed E-state index contributed by atoms with van der Waals surface area (Å²) in [5.74, 6) is 1.21. The first-order chi connectivity index (χ1) is 11.6. The first-order valence-electron chi connectivity index (χ1n) is 7.42. The van der Waals surface area contributed by atoms with E-state index in [0.29, 0.717) is 17.1 Å². The Kier molecular flexibility index (Phi) is 4.34. The van der Waals surface area contributed by atoms with Gasteiger partial charge in [-0.3, -0.25) is 9.89 Å². The summed E-state index contributed by atoms with van der Waals surface area (Å²) in [5, 5.41) is 18.6. The van der Waals surface area contributed by atoms with E-state index in [-0.39, 0.29) is 12.3 Å². The maximum atomic E-state index is 12.2. The van der Waals surface area contributed by atoms with Crippen molar-refractivity contribution in [3.8, 4) is 17.5 Å². The van der Waals surface area contributed by atoms with Crippen LogP contribution in [-0.2, 0) is 11.2 Å². The van der Waals surface area contributed by atoms with Crippen LogP contribution in [0.2, 0.25) is 0 Å². The predicted molar refractivity (Wildman–Crippen MR) is 90.0 cm³/mol. The number of carbonyl (C=O) groups is 1. The molecule has 0 saturated carbocycles. The summed E-state index contributed by atoms with van der Waals surface area (Å²) in [4.78, 5) is 16.5. The Labute approximate surface area is 139 Å². The second kappa shape index (κ2) is 6.75. The molecule has 6 heteroatoms. The third kappa shape index (κ3) is 3.65. The molecule has 0 aliphatic rings. The van der Waals surface area contributed by atoms with Crippen LogP contribution >= 0.6 is 0 Å². The average Bonchev–Trinajstić information content (AvgIpc) is 3.02. The Morgan fingerprint density at radius 3 is 2.71 bits per heavy atom. The number of aryl methyl sites for hydroxylation is 1. The van der Waals surface area contributed by atoms with Gasteiger partial charge in [-0.05, 0) is 36.8 Å². The van der Waals surface area contributed by atoms with E-state index in [1.165, 1.54) is 0 Å². The van der Waals surface area contributed by atoms with Gasteiger partial charge < -0.3 is 5.32 Å². The van der Waals surface area contributed by atoms with Crippen LogP contribution in [0.4, 0.5) is 5.69 Å². The number of anilines is 1. The van der Waals surface area contributed by atoms with Gasteiger partial charge in [0.05, 0.1) is 18.1 Å². The fraction of sp³-hybridized carbons (Fsp3) is 0.111. The number of benzene rings is 2. The number of nitrogens with one attached hydrogen (secondary N) is 2. The molecule has 1 aromatic heterocycles. The minimum atomic E-state index is -0.122. The summed E-state index contributed by atoms with van der Waals surface area (Å²) < 4.78 is 0. The molecule has 1 heterocycles. The summed E-state index contributed by atoms with van der Waals surface area (Å²) in [6.45, 7) is 1.83. The van der Waals surface area contributed by atoms with Gasteiger partial charge in [0.15, 0.2) is 5.82 Å². The minimum Gasteiger partial charge on any atom is -0.326 e. The summed E-state index contributed by atoms with van der Waals surface area (Å²) >= 11 is 0. The Morgan fingerprint density at radius 2 is 2.04 bits per heavy atom. The Hall–Kier alpha value is -3.46. The number of hydrogen-bond acceptors (Lipinski definition) is 4. The highest BCUT2D eigenvalue weighted by molar-refractivity contribution is 5.92. The highest BCUT2D eigenvalue weighted by Crippen LogP contribution is 2.19. The number of hydrogen-bond donors (Lipinski definition) is 2. The van der Waals surface area contributed by atoms with Crippen molar-refractivity contribution in [3.63, 3.8) is 0 Å². The topological polar surface area (TPSA) is 94.5 Å². The smallest absolute Gasteiger partial charge is 0.228 e. The van der Waals surface area contributed by atoms with Gasteiger partial charge in [-0.2, -0.15) is 10.4 Å². The number of amides is 1. The predicted octanol–water partition coefficient (Wildman–Crippen LogP) is 2.83. The van der Waals surface area contributed by atoms with Crippen molar-refractivity contribution in [2.45, 2.75) is 13.3 Å². The monoisotopic (exact) mass is 317 g/mol. The van der Waals surface area contributed by atoms with E-state index in [2.05, 4.69) is 26.6 Å². The van der Waals surface area contributed by atoms with Gasteiger partial charge in [-0.1, -0.05) is 24.3 Å². The van der Waals surface area contributed by atoms with Crippen LogP contribution in [0.5, 0.6) is 0 Å². The third-order valence-corrected chi connectivity index (χ3v) is 3.45. The van der Waals surface area contributed by atoms with Crippen molar-refractivity contribution in [2.75, 3.05) is 5.32 Å². The Morgan fingerprint density at radius 1 is 1.25 bits per heavy atom. The molecule has 3 rings (SSSR count). The van der Waals surface area contributed by atoms with Crippen molar-refractivity contribution in [1.82, 2.24) is 15.2 Å². The molecular weight excluding hydrogens is 302 g/mol. The van der Waals surface area contributed by atoms with E-state index < -0.39 is 0 Å². The van der Waals surface area contributed by atoms with Crippen molar-refractivity contribution in [2.24, 2.45) is 0 Å². The van der Waals surface area contributed by atoms with Crippen LogP contribution in [0.25, 0.3) is 11.4 Å². The number of carbonyl (C=O) groups excluding carboxylic acids is 1. The van der Waals surface area contributed by atoms with Crippen molar-refractivity contribution in [3.05, 3.63) is 65.5 Å². The second-order valence-corrected chi connectivity index (χ2v) is 5.36. The summed E-state index contributed by atoms with van der Waals surface area (Å²) in [7, 11) is 0. The number of H-pyrrole nitrogens is 1. The highest BCUT2D eigenvalue weighted by Gasteiger charge is 2.07. The first-order valence-corrected chi connectivity index (χ1v) is 7.42. The van der Waals surface area contributed by atoms with Crippen LogP contribution in [0.1, 0.15) is 17.0 Å². The molecule has 0 saturated heterocycles. The molecule has 2 aromatic carbocycles.